The zero-order valence-electron chi connectivity index (χ0n) is 13.3. The molecule has 0 unspecified atom stereocenters. The fourth-order valence-corrected chi connectivity index (χ4v) is 2.05. The summed E-state index contributed by atoms with van der Waals surface area (Å²) in [4.78, 5) is 25.2. The Morgan fingerprint density at radius 2 is 2.13 bits per heavy atom. The number of aryl methyl sites for hydroxylation is 1. The quantitative estimate of drug-likeness (QED) is 0.884. The van der Waals surface area contributed by atoms with E-state index in [4.69, 9.17) is 9.26 Å². The standard InChI is InChI=1S/C16H19N3O4/c1-11-9-15(18-23-11)19(12(2)20)8-7-16(21)17-13-5-4-6-14(10-13)22-3/h4-6,9-10H,7-8H2,1-3H3,(H,17,21). The molecule has 7 nitrogen and oxygen atoms in total. The SMILES string of the molecule is COc1cccc(NC(=O)CCN(C(C)=O)c2cc(C)on2)c1. The fraction of sp³-hybridized carbons (Fsp3) is 0.312. The van der Waals surface area contributed by atoms with Crippen LogP contribution in [0.3, 0.4) is 0 Å². The largest absolute Gasteiger partial charge is 0.497 e. The molecule has 0 saturated heterocycles. The fourth-order valence-electron chi connectivity index (χ4n) is 2.05. The molecule has 0 aliphatic rings. The van der Waals surface area contributed by atoms with Crippen LogP contribution in [0.5, 0.6) is 5.75 Å². The Morgan fingerprint density at radius 1 is 1.35 bits per heavy atom. The van der Waals surface area contributed by atoms with E-state index in [1.165, 1.54) is 11.8 Å². The molecule has 122 valence electrons. The van der Waals surface area contributed by atoms with Gasteiger partial charge in [0.2, 0.25) is 11.8 Å². The summed E-state index contributed by atoms with van der Waals surface area (Å²) in [6.07, 6.45) is 0.142. The van der Waals surface area contributed by atoms with Gasteiger partial charge >= 0.3 is 0 Å². The number of nitrogens with zero attached hydrogens (tertiary/aromatic N) is 2. The minimum atomic E-state index is -0.204. The maximum atomic E-state index is 12.0. The summed E-state index contributed by atoms with van der Waals surface area (Å²) < 4.78 is 10.1. The number of aromatic nitrogens is 1. The monoisotopic (exact) mass is 317 g/mol. The Balaban J connectivity index is 1.95. The van der Waals surface area contributed by atoms with Crippen molar-refractivity contribution in [3.05, 3.63) is 36.1 Å². The van der Waals surface area contributed by atoms with E-state index >= 15 is 0 Å². The van der Waals surface area contributed by atoms with Crippen LogP contribution in [0.1, 0.15) is 19.1 Å². The Hall–Kier alpha value is -2.83. The van der Waals surface area contributed by atoms with Gasteiger partial charge in [0.15, 0.2) is 5.82 Å². The Bertz CT molecular complexity index is 696. The average Bonchev–Trinajstić information content (AvgIpc) is 2.93. The van der Waals surface area contributed by atoms with Crippen LogP contribution in [0.4, 0.5) is 11.5 Å². The summed E-state index contributed by atoms with van der Waals surface area (Å²) >= 11 is 0. The van der Waals surface area contributed by atoms with Crippen molar-refractivity contribution in [3.63, 3.8) is 0 Å². The molecular weight excluding hydrogens is 298 g/mol. The molecule has 0 aliphatic heterocycles. The van der Waals surface area contributed by atoms with Gasteiger partial charge in [-0.1, -0.05) is 11.2 Å². The molecule has 0 saturated carbocycles. The minimum absolute atomic E-state index is 0.142. The molecule has 0 aliphatic carbocycles. The lowest BCUT2D eigenvalue weighted by atomic mass is 10.2. The van der Waals surface area contributed by atoms with Crippen molar-refractivity contribution in [2.45, 2.75) is 20.3 Å². The normalized spacial score (nSPS) is 10.2. The lowest BCUT2D eigenvalue weighted by molar-refractivity contribution is -0.117. The summed E-state index contributed by atoms with van der Waals surface area (Å²) in [6.45, 7) is 3.38. The maximum Gasteiger partial charge on any atom is 0.226 e. The molecule has 0 fully saturated rings. The van der Waals surface area contributed by atoms with E-state index in [-0.39, 0.29) is 24.8 Å². The number of nitrogens with one attached hydrogen (secondary N) is 1. The van der Waals surface area contributed by atoms with Crippen LogP contribution < -0.4 is 15.0 Å². The molecule has 0 bridgehead atoms. The van der Waals surface area contributed by atoms with Gasteiger partial charge in [-0.25, -0.2) is 0 Å². The molecule has 1 aromatic carbocycles. The van der Waals surface area contributed by atoms with Crippen LogP contribution >= 0.6 is 0 Å². The van der Waals surface area contributed by atoms with Crippen molar-refractivity contribution in [3.8, 4) is 5.75 Å². The van der Waals surface area contributed by atoms with Gasteiger partial charge < -0.3 is 14.6 Å². The van der Waals surface area contributed by atoms with Gasteiger partial charge in [0, 0.05) is 37.7 Å². The summed E-state index contributed by atoms with van der Waals surface area (Å²) in [5.74, 6) is 1.26. The molecule has 2 aromatic rings. The molecule has 1 aromatic heterocycles. The van der Waals surface area contributed by atoms with E-state index < -0.39 is 0 Å². The van der Waals surface area contributed by atoms with Crippen molar-refractivity contribution in [2.24, 2.45) is 0 Å². The highest BCUT2D eigenvalue weighted by molar-refractivity contribution is 5.94. The first-order valence-electron chi connectivity index (χ1n) is 7.15. The second-order valence-corrected chi connectivity index (χ2v) is 5.00. The molecule has 1 heterocycles. The van der Waals surface area contributed by atoms with E-state index in [1.54, 1.807) is 44.4 Å². The predicted molar refractivity (Wildman–Crippen MR) is 85.5 cm³/mol. The number of rotatable bonds is 6. The molecule has 0 radical (unpaired) electrons. The first-order valence-corrected chi connectivity index (χ1v) is 7.15. The van der Waals surface area contributed by atoms with Crippen LogP contribution in [0.2, 0.25) is 0 Å². The number of hydrogen-bond acceptors (Lipinski definition) is 5. The predicted octanol–water partition coefficient (Wildman–Crippen LogP) is 2.37. The van der Waals surface area contributed by atoms with Gasteiger partial charge in [0.05, 0.1) is 7.11 Å². The van der Waals surface area contributed by atoms with Gasteiger partial charge in [-0.15, -0.1) is 0 Å². The summed E-state index contributed by atoms with van der Waals surface area (Å²) in [5.41, 5.74) is 0.640. The second kappa shape index (κ2) is 7.44. The highest BCUT2D eigenvalue weighted by atomic mass is 16.5. The van der Waals surface area contributed by atoms with Crippen molar-refractivity contribution in [1.82, 2.24) is 5.16 Å². The Morgan fingerprint density at radius 3 is 2.74 bits per heavy atom. The van der Waals surface area contributed by atoms with E-state index in [1.807, 2.05) is 0 Å². The number of ether oxygens (including phenoxy) is 1. The third-order valence-electron chi connectivity index (χ3n) is 3.19. The molecular formula is C16H19N3O4. The van der Waals surface area contributed by atoms with E-state index in [0.29, 0.717) is 23.0 Å². The van der Waals surface area contributed by atoms with Gasteiger partial charge in [0.1, 0.15) is 11.5 Å². The van der Waals surface area contributed by atoms with E-state index in [0.717, 1.165) is 0 Å². The van der Waals surface area contributed by atoms with Gasteiger partial charge in [0.25, 0.3) is 0 Å². The lowest BCUT2D eigenvalue weighted by Gasteiger charge is -2.17. The van der Waals surface area contributed by atoms with Gasteiger partial charge in [-0.3, -0.25) is 14.5 Å². The van der Waals surface area contributed by atoms with Gasteiger partial charge in [-0.2, -0.15) is 0 Å². The third kappa shape index (κ3) is 4.57. The van der Waals surface area contributed by atoms with Crippen molar-refractivity contribution < 1.29 is 18.8 Å². The van der Waals surface area contributed by atoms with Crippen LogP contribution in [0.25, 0.3) is 0 Å². The molecule has 2 amide bonds. The number of hydrogen-bond donors (Lipinski definition) is 1. The Labute approximate surface area is 134 Å². The minimum Gasteiger partial charge on any atom is -0.497 e. The Kier molecular flexibility index (Phi) is 5.35. The topological polar surface area (TPSA) is 84.7 Å². The number of anilines is 2. The van der Waals surface area contributed by atoms with Crippen LogP contribution in [0, 0.1) is 6.92 Å². The zero-order valence-corrected chi connectivity index (χ0v) is 13.3. The first kappa shape index (κ1) is 16.5. The lowest BCUT2D eigenvalue weighted by Crippen LogP contribution is -2.32. The maximum absolute atomic E-state index is 12.0. The van der Waals surface area contributed by atoms with E-state index in [2.05, 4.69) is 10.5 Å². The molecule has 2 rings (SSSR count). The molecule has 1 N–H and O–H groups in total. The summed E-state index contributed by atoms with van der Waals surface area (Å²) in [5, 5.41) is 6.57. The number of amides is 2. The molecule has 0 spiro atoms. The van der Waals surface area contributed by atoms with E-state index in [9.17, 15) is 9.59 Å². The molecule has 23 heavy (non-hydrogen) atoms. The van der Waals surface area contributed by atoms with Crippen molar-refractivity contribution >= 4 is 23.3 Å². The first-order chi connectivity index (χ1) is 11.0. The molecule has 0 atom stereocenters. The molecule has 7 heteroatoms. The highest BCUT2D eigenvalue weighted by Crippen LogP contribution is 2.17. The number of benzene rings is 1. The second-order valence-electron chi connectivity index (χ2n) is 5.00. The zero-order chi connectivity index (χ0) is 16.8. The van der Waals surface area contributed by atoms with Crippen LogP contribution in [-0.4, -0.2) is 30.6 Å². The smallest absolute Gasteiger partial charge is 0.226 e. The number of methoxy groups -OCH3 is 1. The summed E-state index contributed by atoms with van der Waals surface area (Å²) in [6, 6.07) is 8.72. The average molecular weight is 317 g/mol. The van der Waals surface area contributed by atoms with Gasteiger partial charge in [-0.05, 0) is 19.1 Å². The number of carbonyl (C=O) groups excluding carboxylic acids is 2. The van der Waals surface area contributed by atoms with Crippen molar-refractivity contribution in [1.29, 1.82) is 0 Å². The van der Waals surface area contributed by atoms with Crippen LogP contribution in [-0.2, 0) is 9.59 Å². The third-order valence-corrected chi connectivity index (χ3v) is 3.19. The highest BCUT2D eigenvalue weighted by Gasteiger charge is 2.17. The number of carbonyl (C=O) groups is 2. The van der Waals surface area contributed by atoms with Crippen LogP contribution in [0.15, 0.2) is 34.9 Å². The summed E-state index contributed by atoms with van der Waals surface area (Å²) in [7, 11) is 1.56. The van der Waals surface area contributed by atoms with Crippen molar-refractivity contribution in [2.75, 3.05) is 23.9 Å².